The normalized spacial score (nSPS) is 16.1. The topological polar surface area (TPSA) is 19.9 Å². The Kier molecular flexibility index (Phi) is 2.99. The van der Waals surface area contributed by atoms with Gasteiger partial charge < -0.3 is 0 Å². The summed E-state index contributed by atoms with van der Waals surface area (Å²) in [4.78, 5) is 0.343. The number of hydrogen-bond acceptors (Lipinski definition) is 0. The summed E-state index contributed by atoms with van der Waals surface area (Å²) >= 11 is 3.31. The van der Waals surface area contributed by atoms with Gasteiger partial charge in [-0.1, -0.05) is 22.9 Å². The zero-order valence-corrected chi connectivity index (χ0v) is 7.16. The van der Waals surface area contributed by atoms with Crippen molar-refractivity contribution in [1.29, 1.82) is 0 Å². The van der Waals surface area contributed by atoms with E-state index in [9.17, 15) is 5.11 Å². The number of halogens is 1. The first-order chi connectivity index (χ1) is 3.42. The maximum atomic E-state index is 10.9. The van der Waals surface area contributed by atoms with Crippen molar-refractivity contribution in [2.75, 3.05) is 0 Å². The van der Waals surface area contributed by atoms with Crippen LogP contribution in [0, 0.1) is 0 Å². The van der Waals surface area contributed by atoms with Crippen LogP contribution in [-0.4, -0.2) is 10.4 Å². The Morgan fingerprint density at radius 2 is 2.00 bits per heavy atom. The van der Waals surface area contributed by atoms with Gasteiger partial charge in [0.1, 0.15) is 0 Å². The van der Waals surface area contributed by atoms with E-state index in [0.717, 1.165) is 0 Å². The van der Waals surface area contributed by atoms with Gasteiger partial charge in [0.05, 0.1) is 5.60 Å². The standard InChI is InChI=1S/C6H12BrO/c1-5(7)4-6(2,3)8/h5H,4H2,1-3H3. The van der Waals surface area contributed by atoms with Crippen molar-refractivity contribution in [3.63, 3.8) is 0 Å². The summed E-state index contributed by atoms with van der Waals surface area (Å²) < 4.78 is 0. The third kappa shape index (κ3) is 6.44. The fourth-order valence-corrected chi connectivity index (χ4v) is 1.46. The lowest BCUT2D eigenvalue weighted by atomic mass is 10.0. The van der Waals surface area contributed by atoms with Gasteiger partial charge in [-0.05, 0) is 20.3 Å². The number of alkyl halides is 1. The van der Waals surface area contributed by atoms with Gasteiger partial charge in [-0.25, -0.2) is 5.11 Å². The van der Waals surface area contributed by atoms with E-state index in [1.165, 1.54) is 0 Å². The quantitative estimate of drug-likeness (QED) is 0.581. The summed E-state index contributed by atoms with van der Waals surface area (Å²) in [7, 11) is 0. The van der Waals surface area contributed by atoms with Crippen molar-refractivity contribution in [2.24, 2.45) is 0 Å². The molecule has 0 N–H and O–H groups in total. The summed E-state index contributed by atoms with van der Waals surface area (Å²) in [5.74, 6) is 0. The lowest BCUT2D eigenvalue weighted by Gasteiger charge is -2.14. The van der Waals surface area contributed by atoms with Crippen molar-refractivity contribution >= 4 is 15.9 Å². The molecule has 0 rings (SSSR count). The monoisotopic (exact) mass is 179 g/mol. The lowest BCUT2D eigenvalue weighted by molar-refractivity contribution is -0.00195. The van der Waals surface area contributed by atoms with Crippen LogP contribution in [0.15, 0.2) is 0 Å². The average molecular weight is 180 g/mol. The van der Waals surface area contributed by atoms with E-state index in [4.69, 9.17) is 0 Å². The average Bonchev–Trinajstić information content (AvgIpc) is 1.21. The predicted octanol–water partition coefficient (Wildman–Crippen LogP) is 2.37. The minimum Gasteiger partial charge on any atom is -0.230 e. The summed E-state index contributed by atoms with van der Waals surface area (Å²) in [6, 6.07) is 0. The van der Waals surface area contributed by atoms with Crippen molar-refractivity contribution in [2.45, 2.75) is 37.6 Å². The largest absolute Gasteiger partial charge is 0.230 e. The SMILES string of the molecule is CC(Br)CC(C)(C)[O]. The smallest absolute Gasteiger partial charge is 0.0990 e. The molecule has 0 aromatic rings. The third-order valence-electron chi connectivity index (χ3n) is 0.773. The molecule has 8 heavy (non-hydrogen) atoms. The van der Waals surface area contributed by atoms with Crippen molar-refractivity contribution in [1.82, 2.24) is 0 Å². The van der Waals surface area contributed by atoms with Gasteiger partial charge in [0.2, 0.25) is 0 Å². The molecule has 2 heteroatoms. The van der Waals surface area contributed by atoms with Crippen LogP contribution in [0.25, 0.3) is 0 Å². The molecule has 0 bridgehead atoms. The highest BCUT2D eigenvalue weighted by Gasteiger charge is 2.16. The van der Waals surface area contributed by atoms with Crippen LogP contribution in [0.2, 0.25) is 0 Å². The van der Waals surface area contributed by atoms with Crippen molar-refractivity contribution in [3.8, 4) is 0 Å². The first kappa shape index (κ1) is 8.44. The first-order valence-electron chi connectivity index (χ1n) is 2.76. The van der Waals surface area contributed by atoms with Gasteiger partial charge in [0.25, 0.3) is 0 Å². The molecule has 0 fully saturated rings. The summed E-state index contributed by atoms with van der Waals surface area (Å²) in [6.07, 6.45) is 0.688. The van der Waals surface area contributed by atoms with Gasteiger partial charge >= 0.3 is 0 Å². The predicted molar refractivity (Wildman–Crippen MR) is 37.8 cm³/mol. The highest BCUT2D eigenvalue weighted by molar-refractivity contribution is 9.09. The van der Waals surface area contributed by atoms with Crippen molar-refractivity contribution < 1.29 is 5.11 Å². The molecule has 0 aliphatic heterocycles. The molecule has 0 aliphatic carbocycles. The Labute approximate surface area is 59.2 Å². The zero-order valence-electron chi connectivity index (χ0n) is 5.57. The molecule has 0 heterocycles. The molecule has 0 spiro atoms. The maximum absolute atomic E-state index is 10.9. The van der Waals surface area contributed by atoms with E-state index in [2.05, 4.69) is 15.9 Å². The van der Waals surface area contributed by atoms with Gasteiger partial charge in [0, 0.05) is 4.83 Å². The van der Waals surface area contributed by atoms with Crippen LogP contribution < -0.4 is 0 Å². The van der Waals surface area contributed by atoms with Crippen LogP contribution in [0.3, 0.4) is 0 Å². The second kappa shape index (κ2) is 2.83. The van der Waals surface area contributed by atoms with E-state index in [1.54, 1.807) is 13.8 Å². The van der Waals surface area contributed by atoms with E-state index in [1.807, 2.05) is 6.92 Å². The molecule has 0 aromatic carbocycles. The molecule has 1 radical (unpaired) electrons. The summed E-state index contributed by atoms with van der Waals surface area (Å²) in [5.41, 5.74) is -0.775. The minimum atomic E-state index is -0.775. The third-order valence-corrected chi connectivity index (χ3v) is 1.10. The molecule has 1 atom stereocenters. The Hall–Kier alpha value is 0.440. The van der Waals surface area contributed by atoms with Gasteiger partial charge in [-0.2, -0.15) is 0 Å². The van der Waals surface area contributed by atoms with Crippen LogP contribution in [-0.2, 0) is 5.11 Å². The molecular formula is C6H12BrO. The molecule has 1 nitrogen and oxygen atoms in total. The fraction of sp³-hybridized carbons (Fsp3) is 1.00. The van der Waals surface area contributed by atoms with Gasteiger partial charge in [0.15, 0.2) is 0 Å². The molecule has 49 valence electrons. The Bertz CT molecular complexity index is 63.4. The molecule has 0 aliphatic rings. The van der Waals surface area contributed by atoms with E-state index < -0.39 is 5.60 Å². The molecule has 0 saturated carbocycles. The van der Waals surface area contributed by atoms with Crippen molar-refractivity contribution in [3.05, 3.63) is 0 Å². The molecule has 1 unspecified atom stereocenters. The van der Waals surface area contributed by atoms with E-state index >= 15 is 0 Å². The lowest BCUT2D eigenvalue weighted by Crippen LogP contribution is -2.19. The molecule has 0 aromatic heterocycles. The Morgan fingerprint density at radius 3 is 2.00 bits per heavy atom. The second-order valence-electron chi connectivity index (χ2n) is 2.74. The van der Waals surface area contributed by atoms with Crippen LogP contribution >= 0.6 is 15.9 Å². The van der Waals surface area contributed by atoms with Crippen LogP contribution in [0.1, 0.15) is 27.2 Å². The van der Waals surface area contributed by atoms with Crippen LogP contribution in [0.4, 0.5) is 0 Å². The Balaban J connectivity index is 3.39. The molecule has 0 saturated heterocycles. The van der Waals surface area contributed by atoms with Gasteiger partial charge in [-0.15, -0.1) is 0 Å². The minimum absolute atomic E-state index is 0.343. The highest BCUT2D eigenvalue weighted by Crippen LogP contribution is 2.15. The zero-order chi connectivity index (χ0) is 6.78. The second-order valence-corrected chi connectivity index (χ2v) is 4.31. The highest BCUT2D eigenvalue weighted by atomic mass is 79.9. The van der Waals surface area contributed by atoms with E-state index in [-0.39, 0.29) is 0 Å². The fourth-order valence-electron chi connectivity index (χ4n) is 0.677. The maximum Gasteiger partial charge on any atom is 0.0990 e. The van der Waals surface area contributed by atoms with Gasteiger partial charge in [-0.3, -0.25) is 0 Å². The number of hydrogen-bond donors (Lipinski definition) is 0. The number of rotatable bonds is 2. The summed E-state index contributed by atoms with van der Waals surface area (Å²) in [6.45, 7) is 5.38. The molecule has 0 amide bonds. The summed E-state index contributed by atoms with van der Waals surface area (Å²) in [5, 5.41) is 10.9. The first-order valence-corrected chi connectivity index (χ1v) is 3.68. The van der Waals surface area contributed by atoms with E-state index in [0.29, 0.717) is 11.2 Å². The Morgan fingerprint density at radius 1 is 1.62 bits per heavy atom. The van der Waals surface area contributed by atoms with Crippen LogP contribution in [0.5, 0.6) is 0 Å². The molecular weight excluding hydrogens is 168 g/mol.